The molecule has 1 aliphatic rings. The molecule has 0 aromatic heterocycles. The smallest absolute Gasteiger partial charge is 0.325 e. The Hall–Kier alpha value is -3.44. The van der Waals surface area contributed by atoms with Crippen LogP contribution in [0.15, 0.2) is 12.7 Å². The third-order valence-electron chi connectivity index (χ3n) is 6.35. The van der Waals surface area contributed by atoms with Gasteiger partial charge in [0, 0.05) is 13.1 Å². The predicted octanol–water partition coefficient (Wildman–Crippen LogP) is 3.10. The first-order chi connectivity index (χ1) is 20.3. The number of rotatable bonds is 14. The fourth-order valence-corrected chi connectivity index (χ4v) is 4.35. The number of nitrogens with zero attached hydrogens (tertiary/aromatic N) is 1. The number of ketones is 1. The predicted molar refractivity (Wildman–Crippen MR) is 170 cm³/mol. The monoisotopic (exact) mass is 623 g/mol. The minimum absolute atomic E-state index is 0.0133. The van der Waals surface area contributed by atoms with E-state index in [9.17, 15) is 28.8 Å². The topological polar surface area (TPSA) is 163 Å². The van der Waals surface area contributed by atoms with Gasteiger partial charge in [-0.15, -0.1) is 6.58 Å². The first-order valence-corrected chi connectivity index (χ1v) is 15.6. The molecule has 0 aromatic rings. The van der Waals surface area contributed by atoms with Crippen molar-refractivity contribution in [3.8, 4) is 0 Å². The van der Waals surface area contributed by atoms with Gasteiger partial charge in [0.2, 0.25) is 17.6 Å². The van der Waals surface area contributed by atoms with E-state index in [1.165, 1.54) is 11.0 Å². The summed E-state index contributed by atoms with van der Waals surface area (Å²) in [6.07, 6.45) is 3.13. The molecule has 44 heavy (non-hydrogen) atoms. The van der Waals surface area contributed by atoms with E-state index in [1.54, 1.807) is 34.6 Å². The molecule has 0 bridgehead atoms. The van der Waals surface area contributed by atoms with Crippen LogP contribution in [-0.4, -0.2) is 84.3 Å². The molecule has 0 aliphatic carbocycles. The number of unbranched alkanes of at least 4 members (excludes halogenated alkanes) is 1. The van der Waals surface area contributed by atoms with Crippen LogP contribution < -0.4 is 21.3 Å². The highest BCUT2D eigenvalue weighted by Crippen LogP contribution is 2.28. The second-order valence-electron chi connectivity index (χ2n) is 13.3. The van der Waals surface area contributed by atoms with Gasteiger partial charge >= 0.3 is 12.0 Å². The van der Waals surface area contributed by atoms with Gasteiger partial charge in [-0.2, -0.15) is 0 Å². The molecule has 2 unspecified atom stereocenters. The van der Waals surface area contributed by atoms with Crippen molar-refractivity contribution in [2.24, 2.45) is 17.3 Å². The molecule has 1 aliphatic heterocycles. The summed E-state index contributed by atoms with van der Waals surface area (Å²) in [6.45, 7) is 22.6. The second-order valence-corrected chi connectivity index (χ2v) is 13.3. The summed E-state index contributed by atoms with van der Waals surface area (Å²) in [5.41, 5.74) is -0.734. The van der Waals surface area contributed by atoms with Crippen LogP contribution in [0.4, 0.5) is 4.79 Å². The lowest BCUT2D eigenvalue weighted by atomic mass is 9.85. The van der Waals surface area contributed by atoms with Crippen molar-refractivity contribution in [3.63, 3.8) is 0 Å². The zero-order valence-corrected chi connectivity index (χ0v) is 28.5. The third kappa shape index (κ3) is 15.3. The molecular formula is C32H57N5O7. The average molecular weight is 624 g/mol. The fraction of sp³-hybridized carbons (Fsp3) is 0.750. The molecule has 12 nitrogen and oxygen atoms in total. The number of hydrogen-bond acceptors (Lipinski definition) is 7. The lowest BCUT2D eigenvalue weighted by Gasteiger charge is -2.35. The first kappa shape index (κ1) is 40.6. The van der Waals surface area contributed by atoms with E-state index in [-0.39, 0.29) is 38.1 Å². The van der Waals surface area contributed by atoms with Crippen molar-refractivity contribution >= 4 is 35.5 Å². The van der Waals surface area contributed by atoms with Crippen LogP contribution in [-0.2, 0) is 28.7 Å². The van der Waals surface area contributed by atoms with Gasteiger partial charge in [0.05, 0.1) is 12.1 Å². The highest BCUT2D eigenvalue weighted by molar-refractivity contribution is 6.38. The summed E-state index contributed by atoms with van der Waals surface area (Å²) in [6, 6.07) is -3.65. The maximum atomic E-state index is 13.8. The molecule has 0 radical (unpaired) electrons. The number of ether oxygens (including phenoxy) is 1. The number of hydrogen-bond donors (Lipinski definition) is 4. The van der Waals surface area contributed by atoms with Crippen molar-refractivity contribution in [1.82, 2.24) is 26.2 Å². The van der Waals surface area contributed by atoms with Gasteiger partial charge in [0.25, 0.3) is 5.91 Å². The Morgan fingerprint density at radius 3 is 2.09 bits per heavy atom. The number of urea groups is 1. The molecule has 1 saturated heterocycles. The Morgan fingerprint density at radius 2 is 1.59 bits per heavy atom. The minimum Gasteiger partial charge on any atom is -0.462 e. The summed E-state index contributed by atoms with van der Waals surface area (Å²) in [5.74, 6) is -2.35. The standard InChI is InChI=1S/C28H47N5O7.C4H10/c1-9-11-12-19(22(35)25(37)29-13-10-2)31-24(36)20-14-18(5)16-33(20)26(38)23(28(6,7)8)32-27(39)30-15-21(34)40-17(3)4;1-4(2)3/h10,17-20,23H,2,9,11-16H2,1,3-8H3,(H,29,37)(H,31,36)(H2,30,32,39);4H,1-3H3/t18-,19?,20+,23?;/m1./s1. The molecule has 0 aromatic carbocycles. The number of likely N-dealkylation sites (tertiary alicyclic amines) is 1. The van der Waals surface area contributed by atoms with Gasteiger partial charge < -0.3 is 30.9 Å². The number of nitrogens with one attached hydrogen (secondary N) is 4. The Kier molecular flexibility index (Phi) is 18.2. The van der Waals surface area contributed by atoms with E-state index < -0.39 is 59.0 Å². The van der Waals surface area contributed by atoms with Crippen LogP contribution in [0.25, 0.3) is 0 Å². The number of Topliss-reactive ketones (excluding diaryl/α,β-unsaturated/α-hetero) is 1. The van der Waals surface area contributed by atoms with Gasteiger partial charge in [0.15, 0.2) is 0 Å². The molecular weight excluding hydrogens is 566 g/mol. The lowest BCUT2D eigenvalue weighted by molar-refractivity contribution is -0.146. The van der Waals surface area contributed by atoms with Crippen LogP contribution in [0.2, 0.25) is 0 Å². The molecule has 5 amide bonds. The molecule has 252 valence electrons. The number of amides is 5. The van der Waals surface area contributed by atoms with Crippen molar-refractivity contribution in [1.29, 1.82) is 0 Å². The van der Waals surface area contributed by atoms with Gasteiger partial charge in [0.1, 0.15) is 18.6 Å². The SMILES string of the molecule is C=CCNC(=O)C(=O)C(CCCC)NC(=O)[C@@H]1C[C@@H](C)CN1C(=O)C(NC(=O)NCC(=O)OC(C)C)C(C)(C)C.CC(C)C. The van der Waals surface area contributed by atoms with Gasteiger partial charge in [-0.3, -0.25) is 24.0 Å². The van der Waals surface area contributed by atoms with E-state index in [2.05, 4.69) is 48.6 Å². The minimum atomic E-state index is -1.03. The molecule has 1 fully saturated rings. The Bertz CT molecular complexity index is 987. The lowest BCUT2D eigenvalue weighted by Crippen LogP contribution is -2.60. The maximum Gasteiger partial charge on any atom is 0.325 e. The van der Waals surface area contributed by atoms with Gasteiger partial charge in [-0.25, -0.2) is 4.79 Å². The van der Waals surface area contributed by atoms with E-state index in [0.717, 1.165) is 12.3 Å². The summed E-state index contributed by atoms with van der Waals surface area (Å²) < 4.78 is 5.01. The van der Waals surface area contributed by atoms with Crippen LogP contribution >= 0.6 is 0 Å². The Balaban J connectivity index is 0.00000433. The van der Waals surface area contributed by atoms with Crippen LogP contribution in [0.1, 0.15) is 94.9 Å². The molecule has 1 rings (SSSR count). The van der Waals surface area contributed by atoms with Crippen LogP contribution in [0, 0.1) is 17.3 Å². The third-order valence-corrected chi connectivity index (χ3v) is 6.35. The fourth-order valence-electron chi connectivity index (χ4n) is 4.35. The van der Waals surface area contributed by atoms with Crippen molar-refractivity contribution in [3.05, 3.63) is 12.7 Å². The van der Waals surface area contributed by atoms with Gasteiger partial charge in [-0.05, 0) is 43.9 Å². The number of carbonyl (C=O) groups is 6. The maximum absolute atomic E-state index is 13.8. The molecule has 4 N–H and O–H groups in total. The Morgan fingerprint density at radius 1 is 1.00 bits per heavy atom. The first-order valence-electron chi connectivity index (χ1n) is 15.6. The molecule has 0 saturated carbocycles. The van der Waals surface area contributed by atoms with Crippen LogP contribution in [0.5, 0.6) is 0 Å². The second kappa shape index (κ2) is 19.8. The summed E-state index contributed by atoms with van der Waals surface area (Å²) in [7, 11) is 0. The normalized spacial score (nSPS) is 17.5. The highest BCUT2D eigenvalue weighted by Gasteiger charge is 2.44. The molecule has 4 atom stereocenters. The zero-order chi connectivity index (χ0) is 34.2. The van der Waals surface area contributed by atoms with Crippen molar-refractivity contribution < 1.29 is 33.5 Å². The average Bonchev–Trinajstić information content (AvgIpc) is 3.31. The quantitative estimate of drug-likeness (QED) is 0.131. The van der Waals surface area contributed by atoms with E-state index >= 15 is 0 Å². The van der Waals surface area contributed by atoms with E-state index in [1.807, 2.05) is 13.8 Å². The van der Waals surface area contributed by atoms with Gasteiger partial charge in [-0.1, -0.05) is 74.3 Å². The number of carbonyl (C=O) groups excluding carboxylic acids is 6. The highest BCUT2D eigenvalue weighted by atomic mass is 16.5. The zero-order valence-electron chi connectivity index (χ0n) is 28.5. The largest absolute Gasteiger partial charge is 0.462 e. The molecule has 0 spiro atoms. The van der Waals surface area contributed by atoms with Crippen molar-refractivity contribution in [2.45, 2.75) is 119 Å². The molecule has 12 heteroatoms. The molecule has 1 heterocycles. The Labute approximate surface area is 263 Å². The van der Waals surface area contributed by atoms with E-state index in [4.69, 9.17) is 4.74 Å². The summed E-state index contributed by atoms with van der Waals surface area (Å²) in [5, 5.41) is 10.2. The van der Waals surface area contributed by atoms with Crippen LogP contribution in [0.3, 0.4) is 0 Å². The summed E-state index contributed by atoms with van der Waals surface area (Å²) in [4.78, 5) is 78.1. The summed E-state index contributed by atoms with van der Waals surface area (Å²) >= 11 is 0. The number of esters is 1. The van der Waals surface area contributed by atoms with Crippen molar-refractivity contribution in [2.75, 3.05) is 19.6 Å². The van der Waals surface area contributed by atoms with E-state index in [0.29, 0.717) is 12.8 Å².